The number of aliphatic hydroxyl groups is 1. The van der Waals surface area contributed by atoms with E-state index in [4.69, 9.17) is 5.11 Å². The van der Waals surface area contributed by atoms with Crippen molar-refractivity contribution in [2.45, 2.75) is 13.0 Å². The summed E-state index contributed by atoms with van der Waals surface area (Å²) in [6, 6.07) is 4.18. The Kier molecular flexibility index (Phi) is 4.85. The summed E-state index contributed by atoms with van der Waals surface area (Å²) in [6.45, 7) is 6.43. The molecule has 3 nitrogen and oxygen atoms in total. The summed E-state index contributed by atoms with van der Waals surface area (Å²) < 4.78 is 26.2. The summed E-state index contributed by atoms with van der Waals surface area (Å²) in [7, 11) is 0. The van der Waals surface area contributed by atoms with Crippen LogP contribution in [-0.2, 0) is 0 Å². The molecule has 0 saturated carbocycles. The van der Waals surface area contributed by atoms with Crippen LogP contribution in [0.4, 0.5) is 8.78 Å². The van der Waals surface area contributed by atoms with Crippen LogP contribution in [-0.4, -0.2) is 54.2 Å². The van der Waals surface area contributed by atoms with Gasteiger partial charge in [0.25, 0.3) is 0 Å². The Hall–Kier alpha value is -1.04. The normalized spacial score (nSPS) is 19.6. The maximum atomic E-state index is 13.2. The largest absolute Gasteiger partial charge is 0.395 e. The molecule has 1 unspecified atom stereocenters. The van der Waals surface area contributed by atoms with Gasteiger partial charge in [0, 0.05) is 38.8 Å². The minimum absolute atomic E-state index is 0.0753. The van der Waals surface area contributed by atoms with Crippen molar-refractivity contribution < 1.29 is 13.9 Å². The molecule has 1 heterocycles. The van der Waals surface area contributed by atoms with E-state index in [1.54, 1.807) is 6.07 Å². The van der Waals surface area contributed by atoms with E-state index in [-0.39, 0.29) is 12.6 Å². The van der Waals surface area contributed by atoms with Gasteiger partial charge in [-0.15, -0.1) is 0 Å². The Bertz CT molecular complexity index is 420. The fourth-order valence-electron chi connectivity index (χ4n) is 2.50. The summed E-state index contributed by atoms with van der Waals surface area (Å²) in [5.74, 6) is -1.59. The molecule has 1 aliphatic heterocycles. The average Bonchev–Trinajstić information content (AvgIpc) is 2.42. The quantitative estimate of drug-likeness (QED) is 0.901. The first-order valence-corrected chi connectivity index (χ1v) is 6.64. The first-order chi connectivity index (χ1) is 9.11. The summed E-state index contributed by atoms with van der Waals surface area (Å²) in [6.07, 6.45) is 0. The van der Waals surface area contributed by atoms with Crippen LogP contribution in [0.5, 0.6) is 0 Å². The van der Waals surface area contributed by atoms with Gasteiger partial charge in [0.05, 0.1) is 6.61 Å². The van der Waals surface area contributed by atoms with E-state index in [0.29, 0.717) is 6.54 Å². The van der Waals surface area contributed by atoms with E-state index in [9.17, 15) is 8.78 Å². The molecule has 106 valence electrons. The Morgan fingerprint density at radius 2 is 1.84 bits per heavy atom. The molecular weight excluding hydrogens is 250 g/mol. The van der Waals surface area contributed by atoms with Gasteiger partial charge in [-0.05, 0) is 24.6 Å². The van der Waals surface area contributed by atoms with E-state index in [1.165, 1.54) is 12.1 Å². The highest BCUT2D eigenvalue weighted by Crippen LogP contribution is 2.23. The molecule has 0 amide bonds. The highest BCUT2D eigenvalue weighted by molar-refractivity contribution is 5.21. The van der Waals surface area contributed by atoms with Gasteiger partial charge in [-0.25, -0.2) is 8.78 Å². The number of hydrogen-bond acceptors (Lipinski definition) is 3. The third kappa shape index (κ3) is 3.49. The molecular formula is C14H20F2N2O. The van der Waals surface area contributed by atoms with Crippen molar-refractivity contribution >= 4 is 0 Å². The summed E-state index contributed by atoms with van der Waals surface area (Å²) in [5.41, 5.74) is 0.800. The zero-order valence-electron chi connectivity index (χ0n) is 11.1. The van der Waals surface area contributed by atoms with Crippen molar-refractivity contribution in [2.75, 3.05) is 39.3 Å². The lowest BCUT2D eigenvalue weighted by atomic mass is 10.1. The molecule has 1 aliphatic rings. The Balaban J connectivity index is 1.97. The van der Waals surface area contributed by atoms with Crippen molar-refractivity contribution in [3.63, 3.8) is 0 Å². The molecule has 0 radical (unpaired) electrons. The second-order valence-electron chi connectivity index (χ2n) is 4.95. The number of β-amino-alcohol motifs (C(OH)–C–C–N with tert-alkyl or cyclic N) is 1. The highest BCUT2D eigenvalue weighted by Gasteiger charge is 2.22. The fraction of sp³-hybridized carbons (Fsp3) is 0.571. The van der Waals surface area contributed by atoms with Gasteiger partial charge < -0.3 is 5.11 Å². The molecule has 2 rings (SSSR count). The zero-order chi connectivity index (χ0) is 13.8. The molecule has 0 bridgehead atoms. The van der Waals surface area contributed by atoms with Crippen LogP contribution in [0, 0.1) is 11.6 Å². The number of aliphatic hydroxyl groups excluding tert-OH is 1. The summed E-state index contributed by atoms with van der Waals surface area (Å²) in [4.78, 5) is 4.45. The molecule has 1 saturated heterocycles. The highest BCUT2D eigenvalue weighted by atomic mass is 19.2. The number of halogens is 2. The number of nitrogens with zero attached hydrogens (tertiary/aromatic N) is 2. The van der Waals surface area contributed by atoms with Crippen LogP contribution >= 0.6 is 0 Å². The lowest BCUT2D eigenvalue weighted by Gasteiger charge is -2.38. The molecule has 1 aromatic carbocycles. The van der Waals surface area contributed by atoms with Crippen molar-refractivity contribution in [1.82, 2.24) is 9.80 Å². The third-order valence-electron chi connectivity index (χ3n) is 3.80. The van der Waals surface area contributed by atoms with Crippen LogP contribution < -0.4 is 0 Å². The molecule has 1 fully saturated rings. The van der Waals surface area contributed by atoms with E-state index in [2.05, 4.69) is 9.80 Å². The van der Waals surface area contributed by atoms with E-state index >= 15 is 0 Å². The number of piperazine rings is 1. The number of hydrogen-bond donors (Lipinski definition) is 1. The second kappa shape index (κ2) is 6.41. The molecule has 19 heavy (non-hydrogen) atoms. The second-order valence-corrected chi connectivity index (χ2v) is 4.95. The van der Waals surface area contributed by atoms with Gasteiger partial charge in [0.15, 0.2) is 11.6 Å². The van der Waals surface area contributed by atoms with E-state index in [1.807, 2.05) is 6.92 Å². The molecule has 5 heteroatoms. The van der Waals surface area contributed by atoms with E-state index in [0.717, 1.165) is 31.7 Å². The predicted octanol–water partition coefficient (Wildman–Crippen LogP) is 1.64. The SMILES string of the molecule is CC(c1ccc(F)c(F)c1)N1CCN(CCO)CC1. The fourth-order valence-corrected chi connectivity index (χ4v) is 2.50. The van der Waals surface area contributed by atoms with Gasteiger partial charge in [-0.1, -0.05) is 6.07 Å². The van der Waals surface area contributed by atoms with Gasteiger partial charge in [0.2, 0.25) is 0 Å². The lowest BCUT2D eigenvalue weighted by Crippen LogP contribution is -2.47. The Labute approximate surface area is 112 Å². The van der Waals surface area contributed by atoms with Crippen molar-refractivity contribution in [2.24, 2.45) is 0 Å². The van der Waals surface area contributed by atoms with Crippen molar-refractivity contribution in [3.8, 4) is 0 Å². The minimum atomic E-state index is -0.802. The smallest absolute Gasteiger partial charge is 0.159 e. The number of rotatable bonds is 4. The standard InChI is InChI=1S/C14H20F2N2O/c1-11(12-2-3-13(15)14(16)10-12)18-6-4-17(5-7-18)8-9-19/h2-3,10-11,19H,4-9H2,1H3. The molecule has 0 aromatic heterocycles. The zero-order valence-corrected chi connectivity index (χ0v) is 11.1. The van der Waals surface area contributed by atoms with Crippen molar-refractivity contribution in [3.05, 3.63) is 35.4 Å². The summed E-state index contributed by atoms with van der Waals surface area (Å²) in [5, 5.41) is 8.90. The molecule has 1 aromatic rings. The Morgan fingerprint density at radius 3 is 2.42 bits per heavy atom. The van der Waals surface area contributed by atoms with Crippen LogP contribution in [0.15, 0.2) is 18.2 Å². The van der Waals surface area contributed by atoms with Gasteiger partial charge in [-0.2, -0.15) is 0 Å². The monoisotopic (exact) mass is 270 g/mol. The van der Waals surface area contributed by atoms with Gasteiger partial charge in [0.1, 0.15) is 0 Å². The molecule has 1 N–H and O–H groups in total. The topological polar surface area (TPSA) is 26.7 Å². The van der Waals surface area contributed by atoms with Crippen LogP contribution in [0.3, 0.4) is 0 Å². The first-order valence-electron chi connectivity index (χ1n) is 6.64. The van der Waals surface area contributed by atoms with E-state index < -0.39 is 11.6 Å². The summed E-state index contributed by atoms with van der Waals surface area (Å²) >= 11 is 0. The van der Waals surface area contributed by atoms with Crippen LogP contribution in [0.2, 0.25) is 0 Å². The maximum absolute atomic E-state index is 13.2. The minimum Gasteiger partial charge on any atom is -0.395 e. The average molecular weight is 270 g/mol. The lowest BCUT2D eigenvalue weighted by molar-refractivity contribution is 0.0887. The predicted molar refractivity (Wildman–Crippen MR) is 69.9 cm³/mol. The van der Waals surface area contributed by atoms with Gasteiger partial charge >= 0.3 is 0 Å². The first kappa shape index (κ1) is 14.4. The van der Waals surface area contributed by atoms with Crippen molar-refractivity contribution in [1.29, 1.82) is 0 Å². The van der Waals surface area contributed by atoms with Crippen LogP contribution in [0.25, 0.3) is 0 Å². The molecule has 0 spiro atoms. The third-order valence-corrected chi connectivity index (χ3v) is 3.80. The maximum Gasteiger partial charge on any atom is 0.159 e. The van der Waals surface area contributed by atoms with Gasteiger partial charge in [-0.3, -0.25) is 9.80 Å². The Morgan fingerprint density at radius 1 is 1.16 bits per heavy atom. The molecule has 0 aliphatic carbocycles. The van der Waals surface area contributed by atoms with Crippen LogP contribution in [0.1, 0.15) is 18.5 Å². The number of benzene rings is 1. The molecule has 1 atom stereocenters.